The number of carbonyl (C=O) groups is 1. The second kappa shape index (κ2) is 10.1. The van der Waals surface area contributed by atoms with E-state index in [1.165, 1.54) is 7.05 Å². The second-order valence-corrected chi connectivity index (χ2v) is 8.29. The van der Waals surface area contributed by atoms with Crippen LogP contribution in [0.4, 0.5) is 17.5 Å². The van der Waals surface area contributed by atoms with Crippen molar-refractivity contribution in [2.24, 2.45) is 0 Å². The molecule has 0 unspecified atom stereocenters. The average molecular weight is 471 g/mol. The second-order valence-electron chi connectivity index (χ2n) is 7.89. The first-order valence-electron chi connectivity index (χ1n) is 11.1. The largest absolute Gasteiger partial charge is 0.478 e. The lowest BCUT2D eigenvalue weighted by atomic mass is 10.1. The first-order chi connectivity index (χ1) is 16.0. The Morgan fingerprint density at radius 3 is 2.76 bits per heavy atom. The van der Waals surface area contributed by atoms with Gasteiger partial charge in [0.15, 0.2) is 18.2 Å². The number of amides is 1. The molecule has 0 spiro atoms. The van der Waals surface area contributed by atoms with E-state index in [-0.39, 0.29) is 23.8 Å². The van der Waals surface area contributed by atoms with Gasteiger partial charge in [-0.2, -0.15) is 4.98 Å². The smallest absolute Gasteiger partial charge is 0.293 e. The number of pyridine rings is 1. The number of benzene rings is 1. The zero-order chi connectivity index (χ0) is 23.4. The predicted molar refractivity (Wildman–Crippen MR) is 130 cm³/mol. The number of anilines is 3. The third kappa shape index (κ3) is 5.03. The van der Waals surface area contributed by atoms with Crippen molar-refractivity contribution in [3.63, 3.8) is 0 Å². The molecule has 10 heteroatoms. The fraction of sp³-hybridized carbons (Fsp3) is 0.391. The van der Waals surface area contributed by atoms with E-state index in [4.69, 9.17) is 16.3 Å². The molecule has 3 heterocycles. The number of hydrogen-bond acceptors (Lipinski definition) is 7. The Kier molecular flexibility index (Phi) is 6.98. The van der Waals surface area contributed by atoms with Crippen molar-refractivity contribution < 1.29 is 9.53 Å². The minimum atomic E-state index is -0.306. The van der Waals surface area contributed by atoms with Crippen molar-refractivity contribution in [2.45, 2.75) is 32.7 Å². The number of hydrogen-bond donors (Lipinski definition) is 2. The summed E-state index contributed by atoms with van der Waals surface area (Å²) in [5, 5.41) is 6.97. The number of aromatic nitrogens is 3. The average Bonchev–Trinajstić information content (AvgIpc) is 3.36. The number of aryl methyl sites for hydroxylation is 1. The maximum Gasteiger partial charge on any atom is 0.293 e. The number of halogens is 1. The number of fused-ring (bicyclic) bond motifs is 1. The Bertz CT molecular complexity index is 1220. The van der Waals surface area contributed by atoms with Crippen LogP contribution in [0.2, 0.25) is 5.02 Å². The van der Waals surface area contributed by atoms with Crippen molar-refractivity contribution in [1.82, 2.24) is 19.9 Å². The molecule has 174 valence electrons. The highest BCUT2D eigenvalue weighted by atomic mass is 35.5. The molecular formula is C23H27ClN6O3. The maximum absolute atomic E-state index is 12.9. The number of ether oxygens (including phenoxy) is 1. The van der Waals surface area contributed by atoms with Gasteiger partial charge >= 0.3 is 0 Å². The third-order valence-corrected chi connectivity index (χ3v) is 5.81. The van der Waals surface area contributed by atoms with Crippen LogP contribution < -0.4 is 25.8 Å². The van der Waals surface area contributed by atoms with Crippen molar-refractivity contribution in [1.29, 1.82) is 0 Å². The summed E-state index contributed by atoms with van der Waals surface area (Å²) in [6.45, 7) is 4.18. The molecule has 1 saturated heterocycles. The standard InChI is InChI=1S/C23H27ClN6O3/c1-3-8-30-18-7-6-16(11-15(18)12-19(22(30)32)33-14-20(31)25-2)27-21-17(24)13-26-23(28-21)29-9-4-5-10-29/h6-7,11-13H,3-5,8-10,14H2,1-2H3,(H,25,31)(H,26,27,28). The summed E-state index contributed by atoms with van der Waals surface area (Å²) in [5.74, 6) is 1.00. The topological polar surface area (TPSA) is 101 Å². The van der Waals surface area contributed by atoms with Gasteiger partial charge in [-0.3, -0.25) is 9.59 Å². The van der Waals surface area contributed by atoms with Gasteiger partial charge in [0.1, 0.15) is 5.02 Å². The van der Waals surface area contributed by atoms with E-state index in [1.807, 2.05) is 25.1 Å². The van der Waals surface area contributed by atoms with Gasteiger partial charge in [0.2, 0.25) is 5.95 Å². The Balaban J connectivity index is 1.68. The molecule has 0 bridgehead atoms. The van der Waals surface area contributed by atoms with Gasteiger partial charge in [-0.1, -0.05) is 18.5 Å². The molecule has 9 nitrogen and oxygen atoms in total. The Labute approximate surface area is 196 Å². The summed E-state index contributed by atoms with van der Waals surface area (Å²) in [4.78, 5) is 35.6. The van der Waals surface area contributed by atoms with E-state index in [2.05, 4.69) is 25.5 Å². The number of carbonyl (C=O) groups excluding carboxylic acids is 1. The Hall–Kier alpha value is -3.33. The van der Waals surface area contributed by atoms with Crippen LogP contribution in [0.5, 0.6) is 5.75 Å². The fourth-order valence-electron chi connectivity index (χ4n) is 3.86. The molecule has 2 aromatic heterocycles. The quantitative estimate of drug-likeness (QED) is 0.520. The van der Waals surface area contributed by atoms with E-state index in [9.17, 15) is 9.59 Å². The molecule has 1 fully saturated rings. The third-order valence-electron chi connectivity index (χ3n) is 5.53. The number of likely N-dealkylation sites (N-methyl/N-ethyl adjacent to an activating group) is 1. The predicted octanol–water partition coefficient (Wildman–Crippen LogP) is 3.32. The van der Waals surface area contributed by atoms with Crippen LogP contribution in [0.3, 0.4) is 0 Å². The Morgan fingerprint density at radius 2 is 2.03 bits per heavy atom. The minimum absolute atomic E-state index is 0.132. The van der Waals surface area contributed by atoms with Crippen LogP contribution in [-0.4, -0.2) is 47.2 Å². The molecule has 0 radical (unpaired) electrons. The van der Waals surface area contributed by atoms with Crippen LogP contribution in [0, 0.1) is 0 Å². The van der Waals surface area contributed by atoms with Gasteiger partial charge in [0.05, 0.1) is 11.7 Å². The molecule has 1 aliphatic rings. The molecule has 2 N–H and O–H groups in total. The van der Waals surface area contributed by atoms with Crippen molar-refractivity contribution >= 4 is 45.9 Å². The van der Waals surface area contributed by atoms with Gasteiger partial charge in [-0.25, -0.2) is 4.98 Å². The lowest BCUT2D eigenvalue weighted by Gasteiger charge is -2.17. The van der Waals surface area contributed by atoms with Gasteiger partial charge in [0.25, 0.3) is 11.5 Å². The molecule has 33 heavy (non-hydrogen) atoms. The first-order valence-corrected chi connectivity index (χ1v) is 11.4. The fourth-order valence-corrected chi connectivity index (χ4v) is 3.99. The SMILES string of the molecule is CCCn1c(=O)c(OCC(=O)NC)cc2cc(Nc3nc(N4CCCC4)ncc3Cl)ccc21. The van der Waals surface area contributed by atoms with Gasteiger partial charge in [-0.05, 0) is 43.5 Å². The van der Waals surface area contributed by atoms with Crippen LogP contribution in [0.25, 0.3) is 10.9 Å². The normalized spacial score (nSPS) is 13.4. The van der Waals surface area contributed by atoms with Crippen LogP contribution in [0.15, 0.2) is 35.3 Å². The number of nitrogens with zero attached hydrogens (tertiary/aromatic N) is 4. The summed E-state index contributed by atoms with van der Waals surface area (Å²) in [5.41, 5.74) is 1.28. The van der Waals surface area contributed by atoms with E-state index < -0.39 is 0 Å². The van der Waals surface area contributed by atoms with Crippen molar-refractivity contribution in [2.75, 3.05) is 37.0 Å². The molecule has 4 rings (SSSR count). The van der Waals surface area contributed by atoms with Crippen LogP contribution >= 0.6 is 11.6 Å². The monoisotopic (exact) mass is 470 g/mol. The zero-order valence-electron chi connectivity index (χ0n) is 18.7. The van der Waals surface area contributed by atoms with Crippen LogP contribution in [0.1, 0.15) is 26.2 Å². The molecule has 1 aromatic carbocycles. The van der Waals surface area contributed by atoms with Crippen LogP contribution in [-0.2, 0) is 11.3 Å². The molecule has 0 atom stereocenters. The molecular weight excluding hydrogens is 444 g/mol. The minimum Gasteiger partial charge on any atom is -0.478 e. The Morgan fingerprint density at radius 1 is 1.24 bits per heavy atom. The summed E-state index contributed by atoms with van der Waals surface area (Å²) in [7, 11) is 1.52. The van der Waals surface area contributed by atoms with E-state index >= 15 is 0 Å². The number of rotatable bonds is 8. The molecule has 1 aliphatic heterocycles. The maximum atomic E-state index is 12.9. The summed E-state index contributed by atoms with van der Waals surface area (Å²) < 4.78 is 7.19. The van der Waals surface area contributed by atoms with Gasteiger partial charge in [0, 0.05) is 37.8 Å². The highest BCUT2D eigenvalue weighted by Crippen LogP contribution is 2.28. The molecule has 0 saturated carbocycles. The molecule has 3 aromatic rings. The highest BCUT2D eigenvalue weighted by molar-refractivity contribution is 6.32. The van der Waals surface area contributed by atoms with E-state index in [0.717, 1.165) is 48.9 Å². The van der Waals surface area contributed by atoms with E-state index in [1.54, 1.807) is 16.8 Å². The van der Waals surface area contributed by atoms with Crippen molar-refractivity contribution in [3.05, 3.63) is 45.8 Å². The lowest BCUT2D eigenvalue weighted by molar-refractivity contribution is -0.122. The van der Waals surface area contributed by atoms with Gasteiger partial charge < -0.3 is 24.8 Å². The zero-order valence-corrected chi connectivity index (χ0v) is 19.5. The molecule has 0 aliphatic carbocycles. The lowest BCUT2D eigenvalue weighted by Crippen LogP contribution is -2.28. The van der Waals surface area contributed by atoms with Crippen molar-refractivity contribution in [3.8, 4) is 5.75 Å². The van der Waals surface area contributed by atoms with E-state index in [0.29, 0.717) is 23.3 Å². The summed E-state index contributed by atoms with van der Waals surface area (Å²) >= 11 is 6.36. The molecule has 1 amide bonds. The number of nitrogens with one attached hydrogen (secondary N) is 2. The van der Waals surface area contributed by atoms with Gasteiger partial charge in [-0.15, -0.1) is 0 Å². The first kappa shape index (κ1) is 22.8. The summed E-state index contributed by atoms with van der Waals surface area (Å²) in [6, 6.07) is 7.33. The highest BCUT2D eigenvalue weighted by Gasteiger charge is 2.17. The summed E-state index contributed by atoms with van der Waals surface area (Å²) in [6.07, 6.45) is 4.64.